The van der Waals surface area contributed by atoms with Crippen LogP contribution in [0.3, 0.4) is 0 Å². The Hall–Kier alpha value is -2.21. The van der Waals surface area contributed by atoms with Crippen LogP contribution >= 0.6 is 22.6 Å². The van der Waals surface area contributed by atoms with Crippen LogP contribution in [-0.4, -0.2) is 5.91 Å². The maximum absolute atomic E-state index is 13.3. The lowest BCUT2D eigenvalue weighted by atomic mass is 10.1. The molecule has 0 unspecified atom stereocenters. The first-order chi connectivity index (χ1) is 12.5. The van der Waals surface area contributed by atoms with E-state index in [1.807, 2.05) is 44.2 Å². The first-order valence-corrected chi connectivity index (χ1v) is 9.41. The van der Waals surface area contributed by atoms with Crippen LogP contribution in [0, 0.1) is 23.2 Å². The highest BCUT2D eigenvalue weighted by molar-refractivity contribution is 14.1. The second-order valence-corrected chi connectivity index (χ2v) is 7.46. The van der Waals surface area contributed by atoms with Gasteiger partial charge in [0.05, 0.1) is 12.2 Å². The van der Waals surface area contributed by atoms with Gasteiger partial charge in [0.1, 0.15) is 5.82 Å². The summed E-state index contributed by atoms with van der Waals surface area (Å²) in [5, 5.41) is 0. The van der Waals surface area contributed by atoms with E-state index in [4.69, 9.17) is 0 Å². The van der Waals surface area contributed by atoms with E-state index in [1.54, 1.807) is 4.90 Å². The smallest absolute Gasteiger partial charge is 0.258 e. The average Bonchev–Trinajstić information content (AvgIpc) is 2.61. The van der Waals surface area contributed by atoms with Crippen molar-refractivity contribution in [3.63, 3.8) is 0 Å². The second kappa shape index (κ2) is 7.99. The molecule has 3 aromatic carbocycles. The molecule has 0 saturated carbocycles. The molecule has 0 aliphatic carbocycles. The van der Waals surface area contributed by atoms with Gasteiger partial charge >= 0.3 is 0 Å². The summed E-state index contributed by atoms with van der Waals surface area (Å²) in [5.74, 6) is -0.490. The minimum Gasteiger partial charge on any atom is -0.303 e. The summed E-state index contributed by atoms with van der Waals surface area (Å²) in [6.45, 7) is 4.51. The Morgan fingerprint density at radius 1 is 1.00 bits per heavy atom. The van der Waals surface area contributed by atoms with Gasteiger partial charge in [-0.05, 0) is 83.5 Å². The first kappa shape index (κ1) is 18.6. The number of halogens is 2. The molecule has 3 aromatic rings. The first-order valence-electron chi connectivity index (χ1n) is 8.34. The molecule has 0 saturated heterocycles. The van der Waals surface area contributed by atoms with Crippen LogP contribution in [0.2, 0.25) is 0 Å². The van der Waals surface area contributed by atoms with Gasteiger partial charge in [0.15, 0.2) is 0 Å². The van der Waals surface area contributed by atoms with Crippen LogP contribution in [0.5, 0.6) is 0 Å². The third-order valence-corrected chi connectivity index (χ3v) is 5.01. The van der Waals surface area contributed by atoms with Crippen molar-refractivity contribution in [2.75, 3.05) is 4.90 Å². The number of carbonyl (C=O) groups is 1. The van der Waals surface area contributed by atoms with Crippen LogP contribution in [0.15, 0.2) is 66.7 Å². The van der Waals surface area contributed by atoms with Crippen molar-refractivity contribution in [1.82, 2.24) is 0 Å². The van der Waals surface area contributed by atoms with Crippen LogP contribution < -0.4 is 4.90 Å². The normalized spacial score (nSPS) is 10.6. The highest BCUT2D eigenvalue weighted by atomic mass is 127. The fourth-order valence-electron chi connectivity index (χ4n) is 3.02. The second-order valence-electron chi connectivity index (χ2n) is 6.30. The Morgan fingerprint density at radius 3 is 2.27 bits per heavy atom. The summed E-state index contributed by atoms with van der Waals surface area (Å²) in [5.41, 5.74) is 4.61. The summed E-state index contributed by atoms with van der Waals surface area (Å²) in [4.78, 5) is 15.0. The lowest BCUT2D eigenvalue weighted by Gasteiger charge is -2.26. The summed E-state index contributed by atoms with van der Waals surface area (Å²) in [6.07, 6.45) is 0. The van der Waals surface area contributed by atoms with E-state index >= 15 is 0 Å². The molecule has 0 spiro atoms. The summed E-state index contributed by atoms with van der Waals surface area (Å²) < 4.78 is 14.3. The highest BCUT2D eigenvalue weighted by Crippen LogP contribution is 2.31. The van der Waals surface area contributed by atoms with Crippen molar-refractivity contribution in [1.29, 1.82) is 0 Å². The number of nitrogens with zero attached hydrogens (tertiary/aromatic N) is 1. The fourth-order valence-corrected chi connectivity index (χ4v) is 4.22. The van der Waals surface area contributed by atoms with Crippen molar-refractivity contribution in [3.05, 3.63) is 98.4 Å². The molecule has 0 aliphatic rings. The van der Waals surface area contributed by atoms with E-state index in [-0.39, 0.29) is 11.7 Å². The Kier molecular flexibility index (Phi) is 5.71. The molecule has 0 fully saturated rings. The number of carbonyl (C=O) groups excluding carboxylic acids is 1. The molecule has 0 N–H and O–H groups in total. The van der Waals surface area contributed by atoms with Crippen LogP contribution in [-0.2, 0) is 6.54 Å². The largest absolute Gasteiger partial charge is 0.303 e. The molecule has 0 bridgehead atoms. The molecular weight excluding hydrogens is 440 g/mol. The van der Waals surface area contributed by atoms with Crippen LogP contribution in [0.25, 0.3) is 0 Å². The SMILES string of the molecule is Cc1cc(C)c(N(Cc2ccccc2)C(=O)c2ccc(F)cc2)c(I)c1. The maximum Gasteiger partial charge on any atom is 0.258 e. The zero-order valence-corrected chi connectivity index (χ0v) is 16.8. The number of benzene rings is 3. The average molecular weight is 459 g/mol. The minimum absolute atomic E-state index is 0.140. The number of anilines is 1. The van der Waals surface area contributed by atoms with Gasteiger partial charge in [-0.2, -0.15) is 0 Å². The van der Waals surface area contributed by atoms with Gasteiger partial charge in [0.2, 0.25) is 0 Å². The monoisotopic (exact) mass is 459 g/mol. The third-order valence-electron chi connectivity index (χ3n) is 4.19. The molecule has 0 heterocycles. The molecule has 0 radical (unpaired) electrons. The molecule has 1 amide bonds. The topological polar surface area (TPSA) is 20.3 Å². The molecule has 0 aromatic heterocycles. The van der Waals surface area contributed by atoms with Gasteiger partial charge in [0.25, 0.3) is 5.91 Å². The van der Waals surface area contributed by atoms with Crippen LogP contribution in [0.4, 0.5) is 10.1 Å². The summed E-state index contributed by atoms with van der Waals surface area (Å²) in [6, 6.07) is 19.7. The van der Waals surface area contributed by atoms with Crippen molar-refractivity contribution < 1.29 is 9.18 Å². The quantitative estimate of drug-likeness (QED) is 0.446. The molecule has 2 nitrogen and oxygen atoms in total. The summed E-state index contributed by atoms with van der Waals surface area (Å²) in [7, 11) is 0. The maximum atomic E-state index is 13.3. The number of aryl methyl sites for hydroxylation is 2. The zero-order chi connectivity index (χ0) is 18.7. The van der Waals surface area contributed by atoms with Crippen molar-refractivity contribution in [2.45, 2.75) is 20.4 Å². The summed E-state index contributed by atoms with van der Waals surface area (Å²) >= 11 is 2.27. The number of amides is 1. The third kappa shape index (κ3) is 4.12. The van der Waals surface area contributed by atoms with Gasteiger partial charge in [-0.15, -0.1) is 0 Å². The standard InChI is InChI=1S/C22H19FINO/c1-15-12-16(2)21(20(24)13-15)25(14-17-6-4-3-5-7-17)22(26)18-8-10-19(23)11-9-18/h3-13H,14H2,1-2H3. The van der Waals surface area contributed by atoms with E-state index < -0.39 is 0 Å². The molecule has 0 aliphatic heterocycles. The molecule has 0 atom stereocenters. The van der Waals surface area contributed by atoms with E-state index in [2.05, 4.69) is 34.7 Å². The predicted octanol–water partition coefficient (Wildman–Crippen LogP) is 5.89. The van der Waals surface area contributed by atoms with Gasteiger partial charge in [0, 0.05) is 9.13 Å². The minimum atomic E-state index is -0.350. The van der Waals surface area contributed by atoms with Crippen molar-refractivity contribution in [2.24, 2.45) is 0 Å². The molecule has 3 rings (SSSR count). The number of hydrogen-bond acceptors (Lipinski definition) is 1. The lowest BCUT2D eigenvalue weighted by molar-refractivity contribution is 0.0984. The van der Waals surface area contributed by atoms with Crippen molar-refractivity contribution in [3.8, 4) is 0 Å². The Labute approximate surface area is 166 Å². The molecule has 4 heteroatoms. The Balaban J connectivity index is 2.07. The highest BCUT2D eigenvalue weighted by Gasteiger charge is 2.22. The predicted molar refractivity (Wildman–Crippen MR) is 112 cm³/mol. The molecule has 26 heavy (non-hydrogen) atoms. The number of rotatable bonds is 4. The van der Waals surface area contributed by atoms with E-state index in [1.165, 1.54) is 24.3 Å². The van der Waals surface area contributed by atoms with Gasteiger partial charge in [-0.3, -0.25) is 4.79 Å². The van der Waals surface area contributed by atoms with E-state index in [9.17, 15) is 9.18 Å². The molecular formula is C22H19FINO. The van der Waals surface area contributed by atoms with Gasteiger partial charge in [-0.1, -0.05) is 36.4 Å². The van der Waals surface area contributed by atoms with Gasteiger partial charge < -0.3 is 4.90 Å². The lowest BCUT2D eigenvalue weighted by Crippen LogP contribution is -2.31. The van der Waals surface area contributed by atoms with E-state index in [0.717, 1.165) is 25.9 Å². The number of hydrogen-bond donors (Lipinski definition) is 0. The van der Waals surface area contributed by atoms with E-state index in [0.29, 0.717) is 12.1 Å². The zero-order valence-electron chi connectivity index (χ0n) is 14.7. The Morgan fingerprint density at radius 2 is 1.65 bits per heavy atom. The van der Waals surface area contributed by atoms with Crippen LogP contribution in [0.1, 0.15) is 27.0 Å². The molecule has 132 valence electrons. The fraction of sp³-hybridized carbons (Fsp3) is 0.136. The van der Waals surface area contributed by atoms with Crippen molar-refractivity contribution >= 4 is 34.2 Å². The van der Waals surface area contributed by atoms with Gasteiger partial charge in [-0.25, -0.2) is 4.39 Å². The Bertz CT molecular complexity index is 900.